The smallest absolute Gasteiger partial charge is 0.271 e. The summed E-state index contributed by atoms with van der Waals surface area (Å²) < 4.78 is 7.39. The Bertz CT molecular complexity index is 1510. The van der Waals surface area contributed by atoms with Crippen molar-refractivity contribution >= 4 is 22.8 Å². The minimum absolute atomic E-state index is 0.0578. The summed E-state index contributed by atoms with van der Waals surface area (Å²) >= 11 is 0. The lowest BCUT2D eigenvalue weighted by Gasteiger charge is -2.30. The van der Waals surface area contributed by atoms with Crippen LogP contribution in [0.3, 0.4) is 0 Å². The highest BCUT2D eigenvalue weighted by Gasteiger charge is 2.25. The number of fused-ring (bicyclic) bond motifs is 1. The first-order chi connectivity index (χ1) is 17.6. The molecule has 36 heavy (non-hydrogen) atoms. The third-order valence-corrected chi connectivity index (χ3v) is 6.40. The lowest BCUT2D eigenvalue weighted by atomic mass is 9.91. The minimum atomic E-state index is -0.146. The Hall–Kier alpha value is -4.54. The molecule has 182 valence electrons. The van der Waals surface area contributed by atoms with Crippen LogP contribution in [0, 0.1) is 0 Å². The summed E-state index contributed by atoms with van der Waals surface area (Å²) in [6, 6.07) is 5.80. The number of aromatic amines is 1. The second kappa shape index (κ2) is 9.25. The zero-order valence-corrected chi connectivity index (χ0v) is 19.7. The second-order valence-corrected chi connectivity index (χ2v) is 9.03. The predicted octanol–water partition coefficient (Wildman–Crippen LogP) is 3.56. The van der Waals surface area contributed by atoms with E-state index < -0.39 is 0 Å². The van der Waals surface area contributed by atoms with Gasteiger partial charge < -0.3 is 24.6 Å². The van der Waals surface area contributed by atoms with Gasteiger partial charge in [0.25, 0.3) is 5.91 Å². The second-order valence-electron chi connectivity index (χ2n) is 9.03. The molecule has 5 heterocycles. The minimum Gasteiger partial charge on any atom is -0.463 e. The molecule has 1 amide bonds. The average Bonchev–Trinajstić information content (AvgIpc) is 3.65. The van der Waals surface area contributed by atoms with E-state index in [9.17, 15) is 4.79 Å². The number of nitrogens with one attached hydrogen (secondary N) is 3. The van der Waals surface area contributed by atoms with Crippen molar-refractivity contribution in [2.24, 2.45) is 7.05 Å². The fourth-order valence-electron chi connectivity index (χ4n) is 4.69. The lowest BCUT2D eigenvalue weighted by Crippen LogP contribution is -2.42. The molecule has 1 fully saturated rings. The number of imidazole rings is 1. The molecule has 0 bridgehead atoms. The van der Waals surface area contributed by atoms with Crippen molar-refractivity contribution < 1.29 is 9.21 Å². The number of hydrogen-bond acceptors (Lipinski definition) is 8. The van der Waals surface area contributed by atoms with E-state index in [0.29, 0.717) is 28.8 Å². The molecule has 0 radical (unpaired) electrons. The Morgan fingerprint density at radius 1 is 1.22 bits per heavy atom. The Labute approximate surface area is 206 Å². The number of hydrogen-bond donors (Lipinski definition) is 3. The molecule has 1 aliphatic rings. The summed E-state index contributed by atoms with van der Waals surface area (Å²) in [5.74, 6) is 1.75. The lowest BCUT2D eigenvalue weighted by molar-refractivity contribution is 0.0921. The van der Waals surface area contributed by atoms with Crippen molar-refractivity contribution in [3.05, 3.63) is 61.4 Å². The van der Waals surface area contributed by atoms with Gasteiger partial charge in [-0.2, -0.15) is 0 Å². The van der Waals surface area contributed by atoms with E-state index in [2.05, 4.69) is 30.6 Å². The number of anilines is 1. The summed E-state index contributed by atoms with van der Waals surface area (Å²) in [5, 5.41) is 7.55. The molecular weight excluding hydrogens is 458 g/mol. The molecule has 2 atom stereocenters. The fraction of sp³-hybridized carbons (Fsp3) is 0.280. The van der Waals surface area contributed by atoms with E-state index in [4.69, 9.17) is 14.4 Å². The van der Waals surface area contributed by atoms with Crippen LogP contribution in [0.25, 0.3) is 33.9 Å². The highest BCUT2D eigenvalue weighted by atomic mass is 16.3. The molecule has 11 nitrogen and oxygen atoms in total. The van der Waals surface area contributed by atoms with Gasteiger partial charge in [0.05, 0.1) is 12.6 Å². The zero-order valence-electron chi connectivity index (χ0n) is 19.7. The summed E-state index contributed by atoms with van der Waals surface area (Å²) in [7, 11) is 1.85. The van der Waals surface area contributed by atoms with Crippen LogP contribution in [0.5, 0.6) is 0 Å². The van der Waals surface area contributed by atoms with Gasteiger partial charge in [0.1, 0.15) is 29.2 Å². The maximum absolute atomic E-state index is 12.6. The van der Waals surface area contributed by atoms with Crippen LogP contribution in [0.2, 0.25) is 0 Å². The highest BCUT2D eigenvalue weighted by Crippen LogP contribution is 2.30. The maximum Gasteiger partial charge on any atom is 0.271 e. The molecule has 5 aromatic rings. The number of aromatic nitrogens is 7. The zero-order chi connectivity index (χ0) is 24.5. The van der Waals surface area contributed by atoms with Gasteiger partial charge in [-0.25, -0.2) is 24.9 Å². The van der Waals surface area contributed by atoms with Crippen molar-refractivity contribution in [2.75, 3.05) is 5.32 Å². The van der Waals surface area contributed by atoms with E-state index in [0.717, 1.165) is 42.3 Å². The molecule has 5 aromatic heterocycles. The average molecular weight is 484 g/mol. The Morgan fingerprint density at radius 2 is 2.14 bits per heavy atom. The number of rotatable bonds is 6. The van der Waals surface area contributed by atoms with Crippen LogP contribution < -0.4 is 10.6 Å². The highest BCUT2D eigenvalue weighted by molar-refractivity contribution is 5.92. The molecule has 0 unspecified atom stereocenters. The molecule has 1 aliphatic carbocycles. The quantitative estimate of drug-likeness (QED) is 0.333. The molecule has 0 aromatic carbocycles. The summed E-state index contributed by atoms with van der Waals surface area (Å²) in [5.41, 5.74) is 2.64. The van der Waals surface area contributed by atoms with E-state index in [1.165, 1.54) is 6.33 Å². The van der Waals surface area contributed by atoms with Gasteiger partial charge in [-0.15, -0.1) is 0 Å². The molecule has 1 saturated carbocycles. The molecule has 0 spiro atoms. The molecule has 11 heteroatoms. The molecule has 6 rings (SSSR count). The predicted molar refractivity (Wildman–Crippen MR) is 133 cm³/mol. The number of furan rings is 1. The first kappa shape index (κ1) is 22.0. The van der Waals surface area contributed by atoms with Gasteiger partial charge in [0.15, 0.2) is 11.6 Å². The van der Waals surface area contributed by atoms with Gasteiger partial charge in [0, 0.05) is 54.7 Å². The van der Waals surface area contributed by atoms with Crippen molar-refractivity contribution in [3.8, 4) is 22.8 Å². The van der Waals surface area contributed by atoms with Crippen LogP contribution in [0.1, 0.15) is 36.2 Å². The summed E-state index contributed by atoms with van der Waals surface area (Å²) in [6.07, 6.45) is 13.8. The van der Waals surface area contributed by atoms with Crippen molar-refractivity contribution in [2.45, 2.75) is 37.8 Å². The van der Waals surface area contributed by atoms with Crippen LogP contribution >= 0.6 is 0 Å². The van der Waals surface area contributed by atoms with Gasteiger partial charge in [-0.1, -0.05) is 0 Å². The fourth-order valence-corrected chi connectivity index (χ4v) is 4.69. The number of carbonyl (C=O) groups is 1. The number of aryl methyl sites for hydroxylation is 1. The number of carbonyl (C=O) groups excluding carboxylic acids is 1. The first-order valence-corrected chi connectivity index (χ1v) is 11.9. The van der Waals surface area contributed by atoms with Gasteiger partial charge in [0.2, 0.25) is 0 Å². The number of amides is 1. The Balaban J connectivity index is 1.25. The SMILES string of the molecule is Cn1cnc(C(=O)N[C@@H]2CCC[C@H](Nc3cc(-c4ccco4)nc(-c4c[nH]c5ncncc45)n3)C2)c1. The Kier molecular flexibility index (Phi) is 5.64. The van der Waals surface area contributed by atoms with Crippen LogP contribution in [0.4, 0.5) is 5.82 Å². The van der Waals surface area contributed by atoms with E-state index in [-0.39, 0.29) is 18.0 Å². The van der Waals surface area contributed by atoms with E-state index in [1.807, 2.05) is 31.4 Å². The summed E-state index contributed by atoms with van der Waals surface area (Å²) in [4.78, 5) is 37.9. The normalized spacial score (nSPS) is 17.8. The van der Waals surface area contributed by atoms with E-state index in [1.54, 1.807) is 29.6 Å². The van der Waals surface area contributed by atoms with E-state index >= 15 is 0 Å². The summed E-state index contributed by atoms with van der Waals surface area (Å²) in [6.45, 7) is 0. The van der Waals surface area contributed by atoms with Gasteiger partial charge >= 0.3 is 0 Å². The standard InChI is InChI=1S/C25H25N9O2/c1-34-12-20(29-14-34)25(35)31-16-5-2-4-15(8-16)30-22-9-19(21-6-3-7-36-21)32-24(33-22)18-11-27-23-17(18)10-26-13-28-23/h3,6-7,9-16H,2,4-5,8H2,1H3,(H,31,35)(H,26,27,28)(H,30,32,33)/t15-,16+/m0/s1. The Morgan fingerprint density at radius 3 is 2.97 bits per heavy atom. The van der Waals surface area contributed by atoms with Crippen LogP contribution in [-0.2, 0) is 7.05 Å². The van der Waals surface area contributed by atoms with Crippen molar-refractivity contribution in [1.29, 1.82) is 0 Å². The molecule has 0 aliphatic heterocycles. The third kappa shape index (κ3) is 4.42. The molecular formula is C25H25N9O2. The molecule has 0 saturated heterocycles. The van der Waals surface area contributed by atoms with Crippen LogP contribution in [0.15, 0.2) is 60.1 Å². The third-order valence-electron chi connectivity index (χ3n) is 6.40. The first-order valence-electron chi connectivity index (χ1n) is 11.9. The van der Waals surface area contributed by atoms with Crippen molar-refractivity contribution in [3.63, 3.8) is 0 Å². The number of H-pyrrole nitrogens is 1. The van der Waals surface area contributed by atoms with Crippen molar-refractivity contribution in [1.82, 2.24) is 39.8 Å². The van der Waals surface area contributed by atoms with Gasteiger partial charge in [-0.3, -0.25) is 4.79 Å². The monoisotopic (exact) mass is 483 g/mol. The van der Waals surface area contributed by atoms with Gasteiger partial charge in [-0.05, 0) is 37.8 Å². The largest absolute Gasteiger partial charge is 0.463 e. The topological polar surface area (TPSA) is 139 Å². The number of nitrogens with zero attached hydrogens (tertiary/aromatic N) is 6. The van der Waals surface area contributed by atoms with Crippen LogP contribution in [-0.4, -0.2) is 52.5 Å². The maximum atomic E-state index is 12.6. The molecule has 3 N–H and O–H groups in total.